The first-order valence-electron chi connectivity index (χ1n) is 7.23. The van der Waals surface area contributed by atoms with Crippen LogP contribution in [0.3, 0.4) is 0 Å². The van der Waals surface area contributed by atoms with Gasteiger partial charge in [0.05, 0.1) is 5.69 Å². The zero-order valence-electron chi connectivity index (χ0n) is 12.4. The fraction of sp³-hybridized carbons (Fsp3) is 0.0556. The molecule has 0 fully saturated rings. The van der Waals surface area contributed by atoms with E-state index in [4.69, 9.17) is 11.6 Å². The van der Waals surface area contributed by atoms with Gasteiger partial charge < -0.3 is 0 Å². The number of fused-ring (bicyclic) bond motifs is 1. The molecular weight excluding hydrogens is 308 g/mol. The highest BCUT2D eigenvalue weighted by Gasteiger charge is 2.10. The third kappa shape index (κ3) is 2.58. The van der Waals surface area contributed by atoms with E-state index in [9.17, 15) is 0 Å². The van der Waals surface area contributed by atoms with Crippen LogP contribution in [0.1, 0.15) is 5.56 Å². The average Bonchev–Trinajstić information content (AvgIpc) is 3.01. The number of nitrogens with zero attached hydrogens (tertiary/aromatic N) is 4. The van der Waals surface area contributed by atoms with Gasteiger partial charge in [-0.2, -0.15) is 5.10 Å². The topological polar surface area (TPSA) is 43.1 Å². The zero-order valence-corrected chi connectivity index (χ0v) is 13.2. The number of hydrogen-bond donors (Lipinski definition) is 0. The maximum Gasteiger partial charge on any atom is 0.155 e. The van der Waals surface area contributed by atoms with Crippen molar-refractivity contribution in [3.8, 4) is 22.4 Å². The summed E-state index contributed by atoms with van der Waals surface area (Å²) in [6, 6.07) is 13.9. The molecule has 4 nitrogen and oxygen atoms in total. The molecule has 0 saturated carbocycles. The Balaban J connectivity index is 1.92. The first-order chi connectivity index (χ1) is 11.2. The summed E-state index contributed by atoms with van der Waals surface area (Å²) in [5.74, 6) is 0. The normalized spacial score (nSPS) is 11.0. The number of aromatic nitrogens is 4. The predicted octanol–water partition coefficient (Wildman–Crippen LogP) is 4.42. The molecule has 3 heterocycles. The molecule has 4 rings (SSSR count). The zero-order chi connectivity index (χ0) is 15.8. The van der Waals surface area contributed by atoms with Gasteiger partial charge in [-0.15, -0.1) is 0 Å². The van der Waals surface area contributed by atoms with Crippen LogP contribution in [0.15, 0.2) is 61.2 Å². The van der Waals surface area contributed by atoms with Gasteiger partial charge in [-0.05, 0) is 48.9 Å². The third-order valence-corrected chi connectivity index (χ3v) is 3.93. The molecular formula is C18H13ClN4. The highest BCUT2D eigenvalue weighted by atomic mass is 35.5. The third-order valence-electron chi connectivity index (χ3n) is 3.71. The summed E-state index contributed by atoms with van der Waals surface area (Å²) < 4.78 is 1.76. The maximum atomic E-state index is 6.21. The fourth-order valence-electron chi connectivity index (χ4n) is 2.72. The Morgan fingerprint density at radius 1 is 1.00 bits per heavy atom. The highest BCUT2D eigenvalue weighted by molar-refractivity contribution is 6.31. The van der Waals surface area contributed by atoms with Crippen LogP contribution < -0.4 is 0 Å². The summed E-state index contributed by atoms with van der Waals surface area (Å²) in [6.45, 7) is 2.03. The molecule has 0 spiro atoms. The van der Waals surface area contributed by atoms with Crippen LogP contribution in [0.25, 0.3) is 28.0 Å². The Morgan fingerprint density at radius 2 is 1.91 bits per heavy atom. The summed E-state index contributed by atoms with van der Waals surface area (Å²) in [7, 11) is 0. The van der Waals surface area contributed by atoms with E-state index in [0.717, 1.165) is 33.6 Å². The molecule has 0 N–H and O–H groups in total. The van der Waals surface area contributed by atoms with Gasteiger partial charge in [0.2, 0.25) is 0 Å². The summed E-state index contributed by atoms with van der Waals surface area (Å²) in [5, 5.41) is 4.91. The number of benzene rings is 1. The largest absolute Gasteiger partial charge is 0.256 e. The van der Waals surface area contributed by atoms with Crippen molar-refractivity contribution >= 4 is 17.2 Å². The second-order valence-corrected chi connectivity index (χ2v) is 5.83. The molecule has 112 valence electrons. The summed E-state index contributed by atoms with van der Waals surface area (Å²) in [5.41, 5.74) is 5.89. The van der Waals surface area contributed by atoms with E-state index in [1.807, 2.05) is 43.5 Å². The van der Waals surface area contributed by atoms with Crippen LogP contribution in [-0.2, 0) is 0 Å². The number of aryl methyl sites for hydroxylation is 1. The van der Waals surface area contributed by atoms with Crippen LogP contribution in [0.4, 0.5) is 0 Å². The second-order valence-electron chi connectivity index (χ2n) is 5.40. The Labute approximate surface area is 138 Å². The van der Waals surface area contributed by atoms with Crippen molar-refractivity contribution in [1.82, 2.24) is 19.6 Å². The van der Waals surface area contributed by atoms with E-state index in [1.54, 1.807) is 17.0 Å². The summed E-state index contributed by atoms with van der Waals surface area (Å²) in [4.78, 5) is 8.75. The van der Waals surface area contributed by atoms with Gasteiger partial charge in [-0.3, -0.25) is 4.98 Å². The molecule has 0 amide bonds. The van der Waals surface area contributed by atoms with Crippen molar-refractivity contribution in [3.63, 3.8) is 0 Å². The molecule has 0 saturated heterocycles. The lowest BCUT2D eigenvalue weighted by Gasteiger charge is -2.10. The van der Waals surface area contributed by atoms with E-state index in [2.05, 4.69) is 27.2 Å². The minimum Gasteiger partial charge on any atom is -0.256 e. The van der Waals surface area contributed by atoms with Crippen molar-refractivity contribution in [1.29, 1.82) is 0 Å². The van der Waals surface area contributed by atoms with Crippen LogP contribution >= 0.6 is 11.6 Å². The van der Waals surface area contributed by atoms with Gasteiger partial charge in [-0.25, -0.2) is 9.50 Å². The molecule has 0 atom stereocenters. The number of halogens is 1. The van der Waals surface area contributed by atoms with Crippen molar-refractivity contribution in [2.75, 3.05) is 0 Å². The molecule has 0 radical (unpaired) electrons. The van der Waals surface area contributed by atoms with Gasteiger partial charge >= 0.3 is 0 Å². The minimum absolute atomic E-state index is 0.711. The van der Waals surface area contributed by atoms with E-state index in [0.29, 0.717) is 5.02 Å². The maximum absolute atomic E-state index is 6.21. The first kappa shape index (κ1) is 13.9. The number of hydrogen-bond acceptors (Lipinski definition) is 3. The Kier molecular flexibility index (Phi) is 3.32. The molecule has 4 aromatic rings. The van der Waals surface area contributed by atoms with E-state index in [1.165, 1.54) is 0 Å². The molecule has 5 heteroatoms. The Bertz CT molecular complexity index is 987. The van der Waals surface area contributed by atoms with Gasteiger partial charge in [0.1, 0.15) is 6.33 Å². The number of pyridine rings is 2. The molecule has 0 aliphatic heterocycles. The molecule has 0 bridgehead atoms. The minimum atomic E-state index is 0.711. The fourth-order valence-corrected chi connectivity index (χ4v) is 3.01. The molecule has 1 aromatic carbocycles. The molecule has 3 aromatic heterocycles. The lowest BCUT2D eigenvalue weighted by atomic mass is 9.99. The van der Waals surface area contributed by atoms with Gasteiger partial charge in [0.25, 0.3) is 0 Å². The standard InChI is InChI=1S/C18H13ClN4/c1-12-7-14(9-15(19)8-12)18-16(3-2-6-20-18)13-4-5-17-21-11-22-23(17)10-13/h2-11H,1H3. The highest BCUT2D eigenvalue weighted by Crippen LogP contribution is 2.32. The van der Waals surface area contributed by atoms with Crippen LogP contribution in [-0.4, -0.2) is 19.6 Å². The monoisotopic (exact) mass is 320 g/mol. The van der Waals surface area contributed by atoms with Gasteiger partial charge in [-0.1, -0.05) is 17.7 Å². The SMILES string of the molecule is Cc1cc(Cl)cc(-c2ncccc2-c2ccc3ncnn3c2)c1. The molecule has 0 aliphatic rings. The lowest BCUT2D eigenvalue weighted by Crippen LogP contribution is -1.93. The van der Waals surface area contributed by atoms with Gasteiger partial charge in [0.15, 0.2) is 5.65 Å². The van der Waals surface area contributed by atoms with E-state index < -0.39 is 0 Å². The van der Waals surface area contributed by atoms with E-state index >= 15 is 0 Å². The van der Waals surface area contributed by atoms with Crippen molar-refractivity contribution < 1.29 is 0 Å². The number of rotatable bonds is 2. The van der Waals surface area contributed by atoms with Gasteiger partial charge in [0, 0.05) is 34.1 Å². The smallest absolute Gasteiger partial charge is 0.155 e. The van der Waals surface area contributed by atoms with Crippen molar-refractivity contribution in [2.45, 2.75) is 6.92 Å². The van der Waals surface area contributed by atoms with Crippen LogP contribution in [0.5, 0.6) is 0 Å². The Morgan fingerprint density at radius 3 is 2.78 bits per heavy atom. The van der Waals surface area contributed by atoms with Crippen LogP contribution in [0, 0.1) is 6.92 Å². The van der Waals surface area contributed by atoms with E-state index in [-0.39, 0.29) is 0 Å². The van der Waals surface area contributed by atoms with Crippen molar-refractivity contribution in [3.05, 3.63) is 71.8 Å². The Hall–Kier alpha value is -2.72. The molecule has 0 aliphatic carbocycles. The van der Waals surface area contributed by atoms with Crippen LogP contribution in [0.2, 0.25) is 5.02 Å². The average molecular weight is 321 g/mol. The second kappa shape index (κ2) is 5.48. The summed E-state index contributed by atoms with van der Waals surface area (Å²) >= 11 is 6.21. The molecule has 23 heavy (non-hydrogen) atoms. The predicted molar refractivity (Wildman–Crippen MR) is 91.4 cm³/mol. The molecule has 0 unspecified atom stereocenters. The quantitative estimate of drug-likeness (QED) is 0.549. The van der Waals surface area contributed by atoms with Crippen molar-refractivity contribution in [2.24, 2.45) is 0 Å². The lowest BCUT2D eigenvalue weighted by molar-refractivity contribution is 0.962. The first-order valence-corrected chi connectivity index (χ1v) is 7.61. The summed E-state index contributed by atoms with van der Waals surface area (Å²) in [6.07, 6.45) is 5.30.